The van der Waals surface area contributed by atoms with Gasteiger partial charge in [-0.3, -0.25) is 4.98 Å². The Morgan fingerprint density at radius 2 is 1.76 bits per heavy atom. The fraction of sp³-hybridized carbons (Fsp3) is 0.458. The van der Waals surface area contributed by atoms with E-state index in [0.29, 0.717) is 19.0 Å². The molecule has 1 aliphatic rings. The SMILES string of the molecule is CC(C)(C)Cn1cc([C@H](NS(=O)(=O)C2CC2)C(F)F)c2cc(F)c(-c3ncc(F)cc3C(F)(F)F)cc21. The van der Waals surface area contributed by atoms with Gasteiger partial charge in [-0.1, -0.05) is 20.8 Å². The quantitative estimate of drug-likeness (QED) is 0.344. The predicted octanol–water partition coefficient (Wildman–Crippen LogP) is 6.43. The van der Waals surface area contributed by atoms with Gasteiger partial charge in [-0.05, 0) is 36.5 Å². The van der Waals surface area contributed by atoms with E-state index in [0.717, 1.165) is 12.1 Å². The summed E-state index contributed by atoms with van der Waals surface area (Å²) in [6, 6.07) is 0.0121. The van der Waals surface area contributed by atoms with Crippen molar-refractivity contribution in [3.8, 4) is 11.3 Å². The Balaban J connectivity index is 1.95. The second-order valence-electron chi connectivity index (χ2n) is 10.3. The Labute approximate surface area is 208 Å². The van der Waals surface area contributed by atoms with E-state index in [1.54, 1.807) is 0 Å². The van der Waals surface area contributed by atoms with Gasteiger partial charge in [0.25, 0.3) is 6.43 Å². The highest BCUT2D eigenvalue weighted by Crippen LogP contribution is 2.41. The maximum atomic E-state index is 15.3. The molecule has 1 saturated carbocycles. The van der Waals surface area contributed by atoms with E-state index in [4.69, 9.17) is 0 Å². The van der Waals surface area contributed by atoms with E-state index in [2.05, 4.69) is 4.98 Å². The Morgan fingerprint density at radius 3 is 2.30 bits per heavy atom. The van der Waals surface area contributed by atoms with Crippen LogP contribution in [0.5, 0.6) is 0 Å². The van der Waals surface area contributed by atoms with Crippen LogP contribution in [0.2, 0.25) is 0 Å². The van der Waals surface area contributed by atoms with Crippen molar-refractivity contribution in [2.24, 2.45) is 5.41 Å². The molecule has 0 saturated heterocycles. The molecule has 1 fully saturated rings. The molecule has 0 unspecified atom stereocenters. The first-order valence-corrected chi connectivity index (χ1v) is 12.9. The van der Waals surface area contributed by atoms with Crippen molar-refractivity contribution in [2.75, 3.05) is 0 Å². The van der Waals surface area contributed by atoms with Crippen LogP contribution in [-0.2, 0) is 22.7 Å². The summed E-state index contributed by atoms with van der Waals surface area (Å²) in [5.74, 6) is -2.48. The number of nitrogens with zero attached hydrogens (tertiary/aromatic N) is 2. The lowest BCUT2D eigenvalue weighted by molar-refractivity contribution is -0.137. The number of fused-ring (bicyclic) bond motifs is 1. The minimum Gasteiger partial charge on any atom is -0.347 e. The van der Waals surface area contributed by atoms with Gasteiger partial charge in [-0.25, -0.2) is 30.7 Å². The fourth-order valence-corrected chi connectivity index (χ4v) is 5.71. The van der Waals surface area contributed by atoms with Gasteiger partial charge in [0.1, 0.15) is 17.7 Å². The third-order valence-electron chi connectivity index (χ3n) is 5.90. The van der Waals surface area contributed by atoms with Gasteiger partial charge in [0.05, 0.1) is 22.7 Å². The molecule has 202 valence electrons. The smallest absolute Gasteiger partial charge is 0.347 e. The number of rotatable bonds is 7. The number of hydrogen-bond donors (Lipinski definition) is 1. The van der Waals surface area contributed by atoms with Crippen LogP contribution in [0.3, 0.4) is 0 Å². The predicted molar refractivity (Wildman–Crippen MR) is 123 cm³/mol. The second kappa shape index (κ2) is 9.26. The normalized spacial score (nSPS) is 16.1. The Kier molecular flexibility index (Phi) is 6.85. The lowest BCUT2D eigenvalue weighted by atomic mass is 9.96. The van der Waals surface area contributed by atoms with Crippen molar-refractivity contribution >= 4 is 20.9 Å². The Morgan fingerprint density at radius 1 is 1.11 bits per heavy atom. The average Bonchev–Trinajstić information content (AvgIpc) is 3.56. The van der Waals surface area contributed by atoms with Crippen LogP contribution in [0.25, 0.3) is 22.2 Å². The van der Waals surface area contributed by atoms with Gasteiger partial charge in [0, 0.05) is 34.8 Å². The number of pyridine rings is 1. The highest BCUT2D eigenvalue weighted by Gasteiger charge is 2.40. The number of hydrogen-bond acceptors (Lipinski definition) is 3. The molecular formula is C24H24F7N3O2S. The third-order valence-corrected chi connectivity index (χ3v) is 7.83. The van der Waals surface area contributed by atoms with E-state index >= 15 is 4.39 Å². The summed E-state index contributed by atoms with van der Waals surface area (Å²) < 4.78 is 126. The largest absolute Gasteiger partial charge is 0.418 e. The first-order valence-electron chi connectivity index (χ1n) is 11.3. The number of sulfonamides is 1. The average molecular weight is 552 g/mol. The molecule has 0 spiro atoms. The number of alkyl halides is 5. The van der Waals surface area contributed by atoms with E-state index in [-0.39, 0.29) is 29.1 Å². The van der Waals surface area contributed by atoms with Gasteiger partial charge in [0.2, 0.25) is 10.0 Å². The zero-order valence-corrected chi connectivity index (χ0v) is 20.8. The van der Waals surface area contributed by atoms with Crippen LogP contribution in [0.4, 0.5) is 30.7 Å². The summed E-state index contributed by atoms with van der Waals surface area (Å²) in [4.78, 5) is 3.48. The summed E-state index contributed by atoms with van der Waals surface area (Å²) in [6.07, 6.45) is -5.79. The van der Waals surface area contributed by atoms with Crippen molar-refractivity contribution in [1.29, 1.82) is 0 Å². The Hall–Kier alpha value is -2.67. The van der Waals surface area contributed by atoms with Gasteiger partial charge in [-0.2, -0.15) is 13.2 Å². The fourth-order valence-electron chi connectivity index (χ4n) is 4.18. The zero-order valence-electron chi connectivity index (χ0n) is 20.0. The van der Waals surface area contributed by atoms with Gasteiger partial charge in [0.15, 0.2) is 0 Å². The molecular weight excluding hydrogens is 527 g/mol. The van der Waals surface area contributed by atoms with E-state index in [1.165, 1.54) is 10.8 Å². The number of benzene rings is 1. The molecule has 5 nitrogen and oxygen atoms in total. The van der Waals surface area contributed by atoms with E-state index in [1.807, 2.05) is 25.5 Å². The Bertz CT molecular complexity index is 1440. The first-order chi connectivity index (χ1) is 17.0. The number of nitrogens with one attached hydrogen (secondary N) is 1. The van der Waals surface area contributed by atoms with Crippen molar-refractivity contribution < 1.29 is 39.2 Å². The first kappa shape index (κ1) is 27.4. The lowest BCUT2D eigenvalue weighted by Gasteiger charge is -2.20. The zero-order chi connectivity index (χ0) is 27.5. The molecule has 2 heterocycles. The molecule has 0 radical (unpaired) electrons. The van der Waals surface area contributed by atoms with Crippen LogP contribution in [0.1, 0.15) is 50.8 Å². The highest BCUT2D eigenvalue weighted by molar-refractivity contribution is 7.90. The molecule has 0 amide bonds. The minimum atomic E-state index is -5.05. The van der Waals surface area contributed by atoms with Crippen LogP contribution in [0, 0.1) is 17.0 Å². The molecule has 0 aliphatic heterocycles. The topological polar surface area (TPSA) is 64.0 Å². The minimum absolute atomic E-state index is 0.0926. The molecule has 0 bridgehead atoms. The van der Waals surface area contributed by atoms with Crippen molar-refractivity contribution in [3.05, 3.63) is 53.4 Å². The maximum absolute atomic E-state index is 15.3. The number of aromatic nitrogens is 2. The van der Waals surface area contributed by atoms with Crippen molar-refractivity contribution in [3.63, 3.8) is 0 Å². The van der Waals surface area contributed by atoms with E-state index in [9.17, 15) is 34.8 Å². The van der Waals surface area contributed by atoms with Gasteiger partial charge >= 0.3 is 6.18 Å². The molecule has 2 aromatic heterocycles. The molecule has 37 heavy (non-hydrogen) atoms. The van der Waals surface area contributed by atoms with E-state index < -0.39 is 67.8 Å². The molecule has 3 aromatic rings. The summed E-state index contributed by atoms with van der Waals surface area (Å²) in [5.41, 5.74) is -3.53. The standard InChI is InChI=1S/C24H24F7N3O2S/c1-23(2,3)11-34-10-16(21(22(27)28)33-37(35,36)13-4-5-13)14-7-18(26)15(8-19(14)34)20-17(24(29,30)31)6-12(25)9-32-20/h6-10,13,21-22,33H,4-5,11H2,1-3H3/t21-/m0/s1. The molecule has 4 rings (SSSR count). The molecule has 1 aliphatic carbocycles. The molecule has 1 atom stereocenters. The summed E-state index contributed by atoms with van der Waals surface area (Å²) in [6.45, 7) is 5.66. The van der Waals surface area contributed by atoms with Crippen molar-refractivity contribution in [1.82, 2.24) is 14.3 Å². The van der Waals surface area contributed by atoms with Gasteiger partial charge in [-0.15, -0.1) is 0 Å². The summed E-state index contributed by atoms with van der Waals surface area (Å²) in [7, 11) is -4.06. The van der Waals surface area contributed by atoms with Gasteiger partial charge < -0.3 is 4.57 Å². The van der Waals surface area contributed by atoms with Crippen molar-refractivity contribution in [2.45, 2.75) is 64.1 Å². The van der Waals surface area contributed by atoms with Crippen LogP contribution >= 0.6 is 0 Å². The molecule has 13 heteroatoms. The second-order valence-corrected chi connectivity index (χ2v) is 12.3. The van der Waals surface area contributed by atoms with Crippen LogP contribution < -0.4 is 4.72 Å². The maximum Gasteiger partial charge on any atom is 0.418 e. The lowest BCUT2D eigenvalue weighted by Crippen LogP contribution is -2.35. The summed E-state index contributed by atoms with van der Waals surface area (Å²) >= 11 is 0. The van der Waals surface area contributed by atoms with Crippen LogP contribution in [0.15, 0.2) is 30.6 Å². The number of halogens is 7. The van der Waals surface area contributed by atoms with Crippen LogP contribution in [-0.4, -0.2) is 29.6 Å². The highest BCUT2D eigenvalue weighted by atomic mass is 32.2. The molecule has 1 aromatic carbocycles. The third kappa shape index (κ3) is 5.77. The monoisotopic (exact) mass is 551 g/mol. The summed E-state index contributed by atoms with van der Waals surface area (Å²) in [5, 5.41) is -0.879. The molecule has 1 N–H and O–H groups in total.